The summed E-state index contributed by atoms with van der Waals surface area (Å²) in [5.74, 6) is 0. The molecule has 1 rings (SSSR count). The van der Waals surface area contributed by atoms with E-state index in [1.807, 2.05) is 0 Å². The fraction of sp³-hybridized carbons (Fsp3) is 0.571. The maximum Gasteiger partial charge on any atom is 0.0785 e. The van der Waals surface area contributed by atoms with Crippen molar-refractivity contribution in [3.63, 3.8) is 0 Å². The molecule has 3 nitrogen and oxygen atoms in total. The van der Waals surface area contributed by atoms with E-state index in [4.69, 9.17) is 4.74 Å². The van der Waals surface area contributed by atoms with Crippen LogP contribution in [0.15, 0.2) is 18.2 Å². The zero-order valence-corrected chi connectivity index (χ0v) is 11.0. The summed E-state index contributed by atoms with van der Waals surface area (Å²) >= 11 is 0. The highest BCUT2D eigenvalue weighted by Gasteiger charge is 2.02. The van der Waals surface area contributed by atoms with Crippen molar-refractivity contribution in [1.82, 2.24) is 5.32 Å². The number of ether oxygens (including phenoxy) is 1. The highest BCUT2D eigenvalue weighted by Crippen LogP contribution is 2.09. The van der Waals surface area contributed by atoms with E-state index in [0.717, 1.165) is 19.5 Å². The standard InChI is InChI=1S/C14H23NO2/c1-11-4-5-13(8-12(11)2)9-15-7-6-14(16)10-17-3/h4-5,8,14-16H,6-7,9-10H2,1-3H3. The van der Waals surface area contributed by atoms with E-state index in [9.17, 15) is 5.11 Å². The van der Waals surface area contributed by atoms with Crippen molar-refractivity contribution in [2.45, 2.75) is 32.9 Å². The Bertz CT molecular complexity index is 339. The van der Waals surface area contributed by atoms with Crippen molar-refractivity contribution < 1.29 is 9.84 Å². The molecular formula is C14H23NO2. The zero-order chi connectivity index (χ0) is 12.7. The molecule has 1 atom stereocenters. The van der Waals surface area contributed by atoms with Gasteiger partial charge in [0, 0.05) is 13.7 Å². The van der Waals surface area contributed by atoms with Crippen molar-refractivity contribution in [3.8, 4) is 0 Å². The van der Waals surface area contributed by atoms with Gasteiger partial charge in [-0.2, -0.15) is 0 Å². The highest BCUT2D eigenvalue weighted by molar-refractivity contribution is 5.29. The first-order valence-corrected chi connectivity index (χ1v) is 6.07. The summed E-state index contributed by atoms with van der Waals surface area (Å²) in [5, 5.41) is 12.8. The van der Waals surface area contributed by atoms with Crippen LogP contribution < -0.4 is 5.32 Å². The van der Waals surface area contributed by atoms with Crippen molar-refractivity contribution >= 4 is 0 Å². The molecule has 1 unspecified atom stereocenters. The van der Waals surface area contributed by atoms with Crippen molar-refractivity contribution in [2.75, 3.05) is 20.3 Å². The lowest BCUT2D eigenvalue weighted by Gasteiger charge is -2.10. The van der Waals surface area contributed by atoms with E-state index < -0.39 is 0 Å². The molecule has 3 heteroatoms. The van der Waals surface area contributed by atoms with E-state index in [0.29, 0.717) is 6.61 Å². The Hall–Kier alpha value is -0.900. The number of hydrogen-bond donors (Lipinski definition) is 2. The maximum atomic E-state index is 9.46. The first kappa shape index (κ1) is 14.2. The van der Waals surface area contributed by atoms with Crippen LogP contribution in [0.2, 0.25) is 0 Å². The van der Waals surface area contributed by atoms with E-state index in [2.05, 4.69) is 37.4 Å². The molecule has 1 aromatic carbocycles. The van der Waals surface area contributed by atoms with Gasteiger partial charge in [0.25, 0.3) is 0 Å². The molecule has 0 heterocycles. The molecule has 0 aliphatic rings. The zero-order valence-electron chi connectivity index (χ0n) is 11.0. The smallest absolute Gasteiger partial charge is 0.0785 e. The minimum absolute atomic E-state index is 0.368. The summed E-state index contributed by atoms with van der Waals surface area (Å²) in [5.41, 5.74) is 3.93. The van der Waals surface area contributed by atoms with Crippen LogP contribution in [-0.4, -0.2) is 31.5 Å². The molecule has 0 aromatic heterocycles. The molecule has 0 aliphatic heterocycles. The Morgan fingerprint density at radius 2 is 2.06 bits per heavy atom. The Morgan fingerprint density at radius 1 is 1.29 bits per heavy atom. The minimum atomic E-state index is -0.368. The molecule has 0 radical (unpaired) electrons. The fourth-order valence-corrected chi connectivity index (χ4v) is 1.69. The molecule has 0 spiro atoms. The van der Waals surface area contributed by atoms with Crippen molar-refractivity contribution in [3.05, 3.63) is 34.9 Å². The average molecular weight is 237 g/mol. The van der Waals surface area contributed by atoms with E-state index >= 15 is 0 Å². The Balaban J connectivity index is 2.24. The van der Waals surface area contributed by atoms with Gasteiger partial charge in [0.15, 0.2) is 0 Å². The molecule has 0 fully saturated rings. The second kappa shape index (κ2) is 7.43. The average Bonchev–Trinajstić information content (AvgIpc) is 2.29. The van der Waals surface area contributed by atoms with Gasteiger partial charge in [0.05, 0.1) is 12.7 Å². The number of aryl methyl sites for hydroxylation is 2. The predicted octanol–water partition coefficient (Wildman–Crippen LogP) is 1.79. The number of aliphatic hydroxyl groups is 1. The molecule has 0 saturated heterocycles. The molecule has 0 amide bonds. The van der Waals surface area contributed by atoms with Crippen LogP contribution in [-0.2, 0) is 11.3 Å². The molecule has 0 bridgehead atoms. The van der Waals surface area contributed by atoms with Crippen molar-refractivity contribution in [2.24, 2.45) is 0 Å². The fourth-order valence-electron chi connectivity index (χ4n) is 1.69. The van der Waals surface area contributed by atoms with Crippen LogP contribution in [0, 0.1) is 13.8 Å². The third kappa shape index (κ3) is 5.31. The van der Waals surface area contributed by atoms with Gasteiger partial charge in [0.2, 0.25) is 0 Å². The summed E-state index contributed by atoms with van der Waals surface area (Å²) < 4.78 is 4.87. The minimum Gasteiger partial charge on any atom is -0.391 e. The summed E-state index contributed by atoms with van der Waals surface area (Å²) in [6.45, 7) is 6.30. The van der Waals surface area contributed by atoms with E-state index in [1.165, 1.54) is 16.7 Å². The summed E-state index contributed by atoms with van der Waals surface area (Å²) in [7, 11) is 1.60. The quantitative estimate of drug-likeness (QED) is 0.710. The second-order valence-electron chi connectivity index (χ2n) is 4.49. The van der Waals surface area contributed by atoms with Crippen LogP contribution in [0.25, 0.3) is 0 Å². The second-order valence-corrected chi connectivity index (χ2v) is 4.49. The third-order valence-electron chi connectivity index (χ3n) is 2.91. The van der Waals surface area contributed by atoms with Crippen LogP contribution in [0.3, 0.4) is 0 Å². The summed E-state index contributed by atoms with van der Waals surface area (Å²) in [4.78, 5) is 0. The van der Waals surface area contributed by atoms with Gasteiger partial charge in [-0.3, -0.25) is 0 Å². The van der Waals surface area contributed by atoms with Gasteiger partial charge in [-0.05, 0) is 43.5 Å². The maximum absolute atomic E-state index is 9.46. The number of hydrogen-bond acceptors (Lipinski definition) is 3. The van der Waals surface area contributed by atoms with Gasteiger partial charge in [-0.1, -0.05) is 18.2 Å². The Kier molecular flexibility index (Phi) is 6.19. The van der Waals surface area contributed by atoms with E-state index in [1.54, 1.807) is 7.11 Å². The van der Waals surface area contributed by atoms with Gasteiger partial charge in [-0.25, -0.2) is 0 Å². The van der Waals surface area contributed by atoms with Gasteiger partial charge in [-0.15, -0.1) is 0 Å². The summed E-state index contributed by atoms with van der Waals surface area (Å²) in [6, 6.07) is 6.49. The van der Waals surface area contributed by atoms with Crippen LogP contribution in [0.5, 0.6) is 0 Å². The Morgan fingerprint density at radius 3 is 2.71 bits per heavy atom. The first-order chi connectivity index (χ1) is 8.13. The largest absolute Gasteiger partial charge is 0.391 e. The lowest BCUT2D eigenvalue weighted by Crippen LogP contribution is -2.23. The monoisotopic (exact) mass is 237 g/mol. The number of nitrogens with one attached hydrogen (secondary N) is 1. The highest BCUT2D eigenvalue weighted by atomic mass is 16.5. The molecule has 0 aliphatic carbocycles. The topological polar surface area (TPSA) is 41.5 Å². The molecule has 0 saturated carbocycles. The van der Waals surface area contributed by atoms with Crippen molar-refractivity contribution in [1.29, 1.82) is 0 Å². The predicted molar refractivity (Wildman–Crippen MR) is 70.1 cm³/mol. The van der Waals surface area contributed by atoms with Gasteiger partial charge < -0.3 is 15.2 Å². The first-order valence-electron chi connectivity index (χ1n) is 6.07. The molecule has 2 N–H and O–H groups in total. The lowest BCUT2D eigenvalue weighted by atomic mass is 10.1. The van der Waals surface area contributed by atoms with Crippen LogP contribution in [0.1, 0.15) is 23.1 Å². The number of rotatable bonds is 7. The third-order valence-corrected chi connectivity index (χ3v) is 2.91. The lowest BCUT2D eigenvalue weighted by molar-refractivity contribution is 0.0594. The molecule has 96 valence electrons. The Labute approximate surface area is 104 Å². The molecular weight excluding hydrogens is 214 g/mol. The summed E-state index contributed by atoms with van der Waals surface area (Å²) in [6.07, 6.45) is 0.353. The number of benzene rings is 1. The van der Waals surface area contributed by atoms with E-state index in [-0.39, 0.29) is 6.10 Å². The normalized spacial score (nSPS) is 12.7. The number of methoxy groups -OCH3 is 1. The SMILES string of the molecule is COCC(O)CCNCc1ccc(C)c(C)c1. The van der Waals surface area contributed by atoms with Gasteiger partial charge in [0.1, 0.15) is 0 Å². The van der Waals surface area contributed by atoms with Gasteiger partial charge >= 0.3 is 0 Å². The van der Waals surface area contributed by atoms with Crippen LogP contribution >= 0.6 is 0 Å². The number of aliphatic hydroxyl groups excluding tert-OH is 1. The molecule has 1 aromatic rings. The van der Waals surface area contributed by atoms with Crippen LogP contribution in [0.4, 0.5) is 0 Å². The molecule has 17 heavy (non-hydrogen) atoms.